The zero-order valence-corrected chi connectivity index (χ0v) is 13.5. The van der Waals surface area contributed by atoms with E-state index in [0.717, 1.165) is 44.9 Å². The Balaban J connectivity index is 1.89. The highest BCUT2D eigenvalue weighted by Crippen LogP contribution is 2.24. The van der Waals surface area contributed by atoms with Gasteiger partial charge in [0.2, 0.25) is 0 Å². The monoisotopic (exact) mass is 292 g/mol. The molecule has 0 aliphatic carbocycles. The lowest BCUT2D eigenvalue weighted by Gasteiger charge is -2.38. The van der Waals surface area contributed by atoms with Crippen molar-refractivity contribution in [3.63, 3.8) is 0 Å². The number of hydrogen-bond acceptors (Lipinski definition) is 4. The van der Waals surface area contributed by atoms with Crippen LogP contribution >= 0.6 is 0 Å². The van der Waals surface area contributed by atoms with Crippen LogP contribution in [0.4, 0.5) is 0 Å². The van der Waals surface area contributed by atoms with Crippen molar-refractivity contribution in [3.8, 4) is 5.75 Å². The van der Waals surface area contributed by atoms with Crippen molar-refractivity contribution in [2.75, 3.05) is 39.8 Å². The molecule has 1 fully saturated rings. The summed E-state index contributed by atoms with van der Waals surface area (Å²) in [5, 5.41) is 9.75. The molecular weight excluding hydrogens is 264 g/mol. The summed E-state index contributed by atoms with van der Waals surface area (Å²) < 4.78 is 5.31. The van der Waals surface area contributed by atoms with Gasteiger partial charge in [0.05, 0.1) is 13.2 Å². The SMILES string of the molecule is CC[C@@H](O)CN1CCN([C@@H](C)c2cccc(OC)c2)CC1. The Labute approximate surface area is 128 Å². The lowest BCUT2D eigenvalue weighted by molar-refractivity contribution is 0.0579. The summed E-state index contributed by atoms with van der Waals surface area (Å²) in [5.74, 6) is 0.920. The van der Waals surface area contributed by atoms with Gasteiger partial charge in [0.25, 0.3) is 0 Å². The van der Waals surface area contributed by atoms with Gasteiger partial charge in [-0.2, -0.15) is 0 Å². The Kier molecular flexibility index (Phi) is 6.03. The molecule has 1 aromatic rings. The molecule has 0 radical (unpaired) electrons. The molecule has 4 heteroatoms. The maximum Gasteiger partial charge on any atom is 0.119 e. The number of rotatable bonds is 6. The summed E-state index contributed by atoms with van der Waals surface area (Å²) in [5.41, 5.74) is 1.30. The molecule has 1 heterocycles. The lowest BCUT2D eigenvalue weighted by Crippen LogP contribution is -2.49. The Morgan fingerprint density at radius 2 is 1.95 bits per heavy atom. The first kappa shape index (κ1) is 16.3. The van der Waals surface area contributed by atoms with E-state index < -0.39 is 0 Å². The summed E-state index contributed by atoms with van der Waals surface area (Å²) in [4.78, 5) is 4.87. The number of piperazine rings is 1. The van der Waals surface area contributed by atoms with Crippen molar-refractivity contribution in [1.29, 1.82) is 0 Å². The molecule has 2 rings (SSSR count). The summed E-state index contributed by atoms with van der Waals surface area (Å²) in [7, 11) is 1.71. The fourth-order valence-electron chi connectivity index (χ4n) is 2.87. The number of hydrogen-bond donors (Lipinski definition) is 1. The third-order valence-electron chi connectivity index (χ3n) is 4.47. The molecule has 1 aliphatic heterocycles. The van der Waals surface area contributed by atoms with Crippen LogP contribution in [-0.4, -0.2) is 60.8 Å². The van der Waals surface area contributed by atoms with Gasteiger partial charge in [0.15, 0.2) is 0 Å². The van der Waals surface area contributed by atoms with Crippen LogP contribution in [0, 0.1) is 0 Å². The Morgan fingerprint density at radius 3 is 2.57 bits per heavy atom. The topological polar surface area (TPSA) is 35.9 Å². The van der Waals surface area contributed by atoms with Gasteiger partial charge < -0.3 is 9.84 Å². The Morgan fingerprint density at radius 1 is 1.24 bits per heavy atom. The largest absolute Gasteiger partial charge is 0.497 e. The van der Waals surface area contributed by atoms with Crippen LogP contribution in [0.2, 0.25) is 0 Å². The zero-order chi connectivity index (χ0) is 15.2. The van der Waals surface area contributed by atoms with E-state index in [1.54, 1.807) is 7.11 Å². The van der Waals surface area contributed by atoms with Crippen LogP contribution in [0.1, 0.15) is 31.9 Å². The first-order chi connectivity index (χ1) is 10.1. The second-order valence-corrected chi connectivity index (χ2v) is 5.85. The lowest BCUT2D eigenvalue weighted by atomic mass is 10.1. The summed E-state index contributed by atoms with van der Waals surface area (Å²) >= 11 is 0. The van der Waals surface area contributed by atoms with Gasteiger partial charge in [-0.15, -0.1) is 0 Å². The average Bonchev–Trinajstić information content (AvgIpc) is 2.54. The van der Waals surface area contributed by atoms with Crippen LogP contribution in [-0.2, 0) is 0 Å². The molecule has 4 nitrogen and oxygen atoms in total. The van der Waals surface area contributed by atoms with Crippen LogP contribution in [0.25, 0.3) is 0 Å². The number of β-amino-alcohol motifs (C(OH)–C–C–N with tert-alkyl or cyclic N) is 1. The summed E-state index contributed by atoms with van der Waals surface area (Å²) in [6.07, 6.45) is 0.646. The molecular formula is C17H28N2O2. The molecule has 21 heavy (non-hydrogen) atoms. The summed E-state index contributed by atoms with van der Waals surface area (Å²) in [6, 6.07) is 8.73. The first-order valence-electron chi connectivity index (χ1n) is 7.92. The molecule has 1 aromatic carbocycles. The first-order valence-corrected chi connectivity index (χ1v) is 7.92. The Hall–Kier alpha value is -1.10. The van der Waals surface area contributed by atoms with Crippen LogP contribution in [0.5, 0.6) is 5.75 Å². The highest BCUT2D eigenvalue weighted by atomic mass is 16.5. The fourth-order valence-corrected chi connectivity index (χ4v) is 2.87. The van der Waals surface area contributed by atoms with E-state index in [9.17, 15) is 5.11 Å². The molecule has 1 aliphatic rings. The number of benzene rings is 1. The third-order valence-corrected chi connectivity index (χ3v) is 4.47. The van der Waals surface area contributed by atoms with Crippen LogP contribution in [0.3, 0.4) is 0 Å². The van der Waals surface area contributed by atoms with E-state index in [1.807, 2.05) is 13.0 Å². The van der Waals surface area contributed by atoms with E-state index >= 15 is 0 Å². The second-order valence-electron chi connectivity index (χ2n) is 5.85. The quantitative estimate of drug-likeness (QED) is 0.871. The van der Waals surface area contributed by atoms with E-state index in [2.05, 4.69) is 34.9 Å². The maximum absolute atomic E-state index is 9.75. The van der Waals surface area contributed by atoms with Crippen molar-refractivity contribution in [2.45, 2.75) is 32.4 Å². The molecule has 0 amide bonds. The predicted octanol–water partition coefficient (Wildman–Crippen LogP) is 2.14. The fraction of sp³-hybridized carbons (Fsp3) is 0.647. The van der Waals surface area contributed by atoms with Gasteiger partial charge in [-0.25, -0.2) is 0 Å². The van der Waals surface area contributed by atoms with E-state index in [4.69, 9.17) is 4.74 Å². The number of aliphatic hydroxyl groups excluding tert-OH is 1. The van der Waals surface area contributed by atoms with E-state index in [-0.39, 0.29) is 6.10 Å². The molecule has 0 aromatic heterocycles. The normalized spacial score (nSPS) is 20.2. The van der Waals surface area contributed by atoms with Crippen molar-refractivity contribution < 1.29 is 9.84 Å². The molecule has 0 unspecified atom stereocenters. The number of nitrogens with zero attached hydrogens (tertiary/aromatic N) is 2. The molecule has 1 N–H and O–H groups in total. The maximum atomic E-state index is 9.75. The molecule has 0 spiro atoms. The molecule has 2 atom stereocenters. The molecule has 1 saturated heterocycles. The van der Waals surface area contributed by atoms with Crippen molar-refractivity contribution in [2.24, 2.45) is 0 Å². The van der Waals surface area contributed by atoms with Gasteiger partial charge in [-0.3, -0.25) is 9.80 Å². The number of aliphatic hydroxyl groups is 1. The van der Waals surface area contributed by atoms with Crippen LogP contribution in [0.15, 0.2) is 24.3 Å². The number of ether oxygens (including phenoxy) is 1. The average molecular weight is 292 g/mol. The Bertz CT molecular complexity index is 431. The zero-order valence-electron chi connectivity index (χ0n) is 13.5. The number of methoxy groups -OCH3 is 1. The van der Waals surface area contributed by atoms with Gasteiger partial charge in [-0.1, -0.05) is 19.1 Å². The van der Waals surface area contributed by atoms with Gasteiger partial charge >= 0.3 is 0 Å². The highest BCUT2D eigenvalue weighted by molar-refractivity contribution is 5.30. The third kappa shape index (κ3) is 4.43. The minimum atomic E-state index is -0.188. The standard InChI is InChI=1S/C17H28N2O2/c1-4-16(20)13-18-8-10-19(11-9-18)14(2)15-6-5-7-17(12-15)21-3/h5-7,12,14,16,20H,4,8-11,13H2,1-3H3/t14-,16+/m0/s1. The van der Waals surface area contributed by atoms with Gasteiger partial charge in [0, 0.05) is 38.8 Å². The van der Waals surface area contributed by atoms with Crippen molar-refractivity contribution in [3.05, 3.63) is 29.8 Å². The molecule has 0 bridgehead atoms. The van der Waals surface area contributed by atoms with Gasteiger partial charge in [0.1, 0.15) is 5.75 Å². The molecule has 0 saturated carbocycles. The van der Waals surface area contributed by atoms with Gasteiger partial charge in [-0.05, 0) is 31.0 Å². The van der Waals surface area contributed by atoms with Crippen molar-refractivity contribution >= 4 is 0 Å². The van der Waals surface area contributed by atoms with Crippen molar-refractivity contribution in [1.82, 2.24) is 9.80 Å². The van der Waals surface area contributed by atoms with Crippen LogP contribution < -0.4 is 4.74 Å². The molecule has 118 valence electrons. The highest BCUT2D eigenvalue weighted by Gasteiger charge is 2.23. The second kappa shape index (κ2) is 7.78. The van der Waals surface area contributed by atoms with E-state index in [1.165, 1.54) is 5.56 Å². The predicted molar refractivity (Wildman–Crippen MR) is 85.7 cm³/mol. The minimum Gasteiger partial charge on any atom is -0.497 e. The smallest absolute Gasteiger partial charge is 0.119 e. The van der Waals surface area contributed by atoms with E-state index in [0.29, 0.717) is 6.04 Å². The minimum absolute atomic E-state index is 0.188. The summed E-state index contributed by atoms with van der Waals surface area (Å²) in [6.45, 7) is 9.26.